The van der Waals surface area contributed by atoms with Crippen molar-refractivity contribution in [3.05, 3.63) is 80.8 Å². The molecular formula is C17H12Cl2N2OS. The van der Waals surface area contributed by atoms with E-state index in [1.54, 1.807) is 24.4 Å². The van der Waals surface area contributed by atoms with E-state index in [1.165, 1.54) is 11.3 Å². The first-order valence-electron chi connectivity index (χ1n) is 6.87. The Morgan fingerprint density at radius 1 is 1.13 bits per heavy atom. The largest absolute Gasteiger partial charge is 0.298 e. The van der Waals surface area contributed by atoms with Crippen molar-refractivity contribution in [2.24, 2.45) is 0 Å². The van der Waals surface area contributed by atoms with Gasteiger partial charge < -0.3 is 0 Å². The van der Waals surface area contributed by atoms with E-state index >= 15 is 0 Å². The third-order valence-electron chi connectivity index (χ3n) is 3.19. The molecule has 0 aliphatic heterocycles. The first-order valence-corrected chi connectivity index (χ1v) is 8.44. The number of hydrogen-bond acceptors (Lipinski definition) is 3. The Balaban J connectivity index is 1.70. The Hall–Kier alpha value is -1.88. The van der Waals surface area contributed by atoms with Gasteiger partial charge in [-0.3, -0.25) is 10.1 Å². The highest BCUT2D eigenvalue weighted by molar-refractivity contribution is 7.15. The second-order valence-corrected chi connectivity index (χ2v) is 6.82. The number of carbonyl (C=O) groups is 1. The molecule has 0 fully saturated rings. The third kappa shape index (κ3) is 4.10. The smallest absolute Gasteiger partial charge is 0.257 e. The Labute approximate surface area is 147 Å². The van der Waals surface area contributed by atoms with Crippen molar-refractivity contribution in [1.82, 2.24) is 4.98 Å². The molecule has 0 radical (unpaired) electrons. The number of rotatable bonds is 4. The first-order chi connectivity index (χ1) is 11.1. The summed E-state index contributed by atoms with van der Waals surface area (Å²) >= 11 is 13.5. The SMILES string of the molecule is O=C(Nc1ncc(Cc2ccc(Cl)cc2Cl)s1)c1ccccc1. The van der Waals surface area contributed by atoms with Gasteiger partial charge in [-0.1, -0.05) is 47.5 Å². The molecule has 0 aliphatic rings. The summed E-state index contributed by atoms with van der Waals surface area (Å²) in [5, 5.41) is 4.61. The fourth-order valence-electron chi connectivity index (χ4n) is 2.06. The minimum Gasteiger partial charge on any atom is -0.298 e. The van der Waals surface area contributed by atoms with Crippen molar-refractivity contribution in [2.75, 3.05) is 5.32 Å². The van der Waals surface area contributed by atoms with Gasteiger partial charge in [0.15, 0.2) is 5.13 Å². The molecule has 0 saturated heterocycles. The highest BCUT2D eigenvalue weighted by Crippen LogP contribution is 2.27. The second-order valence-electron chi connectivity index (χ2n) is 4.86. The minimum atomic E-state index is -0.170. The summed E-state index contributed by atoms with van der Waals surface area (Å²) in [6.07, 6.45) is 2.39. The maximum Gasteiger partial charge on any atom is 0.257 e. The Bertz CT molecular complexity index is 834. The average molecular weight is 363 g/mol. The number of nitrogens with one attached hydrogen (secondary N) is 1. The molecule has 2 aromatic carbocycles. The van der Waals surface area contributed by atoms with E-state index in [1.807, 2.05) is 30.3 Å². The van der Waals surface area contributed by atoms with Gasteiger partial charge in [-0.05, 0) is 29.8 Å². The molecule has 3 rings (SSSR count). The zero-order valence-electron chi connectivity index (χ0n) is 11.9. The molecule has 1 aromatic heterocycles. The van der Waals surface area contributed by atoms with Crippen LogP contribution in [0.1, 0.15) is 20.8 Å². The number of amides is 1. The lowest BCUT2D eigenvalue weighted by Gasteiger charge is -2.02. The van der Waals surface area contributed by atoms with Gasteiger partial charge in [-0.2, -0.15) is 0 Å². The third-order valence-corrected chi connectivity index (χ3v) is 4.69. The van der Waals surface area contributed by atoms with Crippen LogP contribution in [0, 0.1) is 0 Å². The van der Waals surface area contributed by atoms with Gasteiger partial charge in [-0.25, -0.2) is 4.98 Å². The molecule has 0 spiro atoms. The molecule has 0 bridgehead atoms. The number of aromatic nitrogens is 1. The molecule has 0 aliphatic carbocycles. The van der Waals surface area contributed by atoms with Gasteiger partial charge in [0, 0.05) is 33.1 Å². The lowest BCUT2D eigenvalue weighted by atomic mass is 10.1. The predicted octanol–water partition coefficient (Wildman–Crippen LogP) is 5.29. The van der Waals surface area contributed by atoms with Crippen molar-refractivity contribution >= 4 is 45.6 Å². The van der Waals surface area contributed by atoms with E-state index in [9.17, 15) is 4.79 Å². The number of carbonyl (C=O) groups excluding carboxylic acids is 1. The summed E-state index contributed by atoms with van der Waals surface area (Å²) in [5.41, 5.74) is 1.57. The van der Waals surface area contributed by atoms with Gasteiger partial charge in [-0.15, -0.1) is 11.3 Å². The molecule has 1 amide bonds. The fraction of sp³-hybridized carbons (Fsp3) is 0.0588. The summed E-state index contributed by atoms with van der Waals surface area (Å²) in [7, 11) is 0. The molecular weight excluding hydrogens is 351 g/mol. The highest BCUT2D eigenvalue weighted by Gasteiger charge is 2.10. The van der Waals surface area contributed by atoms with Crippen LogP contribution in [0.4, 0.5) is 5.13 Å². The number of hydrogen-bond donors (Lipinski definition) is 1. The molecule has 3 nitrogen and oxygen atoms in total. The van der Waals surface area contributed by atoms with Crippen molar-refractivity contribution in [3.63, 3.8) is 0 Å². The van der Waals surface area contributed by atoms with Crippen LogP contribution in [0.15, 0.2) is 54.7 Å². The minimum absolute atomic E-state index is 0.170. The standard InChI is InChI=1S/C17H12Cl2N2OS/c18-13-7-6-12(15(19)9-13)8-14-10-20-17(23-14)21-16(22)11-4-2-1-3-5-11/h1-7,9-10H,8H2,(H,20,21,22). The molecule has 1 N–H and O–H groups in total. The van der Waals surface area contributed by atoms with Crippen LogP contribution in [0.2, 0.25) is 10.0 Å². The summed E-state index contributed by atoms with van der Waals surface area (Å²) in [6, 6.07) is 14.5. The number of benzene rings is 2. The Morgan fingerprint density at radius 2 is 1.91 bits per heavy atom. The summed E-state index contributed by atoms with van der Waals surface area (Å²) in [6.45, 7) is 0. The van der Waals surface area contributed by atoms with Crippen LogP contribution in [0.5, 0.6) is 0 Å². The normalized spacial score (nSPS) is 10.5. The van der Waals surface area contributed by atoms with E-state index < -0.39 is 0 Å². The maximum absolute atomic E-state index is 12.1. The zero-order chi connectivity index (χ0) is 16.2. The Morgan fingerprint density at radius 3 is 2.65 bits per heavy atom. The second kappa shape index (κ2) is 7.13. The van der Waals surface area contributed by atoms with Crippen molar-refractivity contribution in [3.8, 4) is 0 Å². The van der Waals surface area contributed by atoms with E-state index in [0.717, 1.165) is 10.4 Å². The van der Waals surface area contributed by atoms with E-state index in [4.69, 9.17) is 23.2 Å². The van der Waals surface area contributed by atoms with Gasteiger partial charge in [0.2, 0.25) is 0 Å². The van der Waals surface area contributed by atoms with E-state index in [-0.39, 0.29) is 5.91 Å². The van der Waals surface area contributed by atoms with Crippen LogP contribution in [-0.4, -0.2) is 10.9 Å². The van der Waals surface area contributed by atoms with Crippen LogP contribution in [0.25, 0.3) is 0 Å². The lowest BCUT2D eigenvalue weighted by molar-refractivity contribution is 0.102. The summed E-state index contributed by atoms with van der Waals surface area (Å²) in [5.74, 6) is -0.170. The molecule has 0 saturated carbocycles. The van der Waals surface area contributed by atoms with Crippen molar-refractivity contribution in [1.29, 1.82) is 0 Å². The van der Waals surface area contributed by atoms with Crippen molar-refractivity contribution < 1.29 is 4.79 Å². The molecule has 1 heterocycles. The number of anilines is 1. The average Bonchev–Trinajstić information content (AvgIpc) is 2.98. The highest BCUT2D eigenvalue weighted by atomic mass is 35.5. The van der Waals surface area contributed by atoms with Crippen LogP contribution < -0.4 is 5.32 Å². The van der Waals surface area contributed by atoms with Gasteiger partial charge >= 0.3 is 0 Å². The first kappa shape index (κ1) is 16.0. The maximum atomic E-state index is 12.1. The van der Waals surface area contributed by atoms with Gasteiger partial charge in [0.25, 0.3) is 5.91 Å². The van der Waals surface area contributed by atoms with Gasteiger partial charge in [0.1, 0.15) is 0 Å². The van der Waals surface area contributed by atoms with E-state index in [2.05, 4.69) is 10.3 Å². The number of nitrogens with zero attached hydrogens (tertiary/aromatic N) is 1. The number of thiazole rings is 1. The topological polar surface area (TPSA) is 42.0 Å². The molecule has 116 valence electrons. The van der Waals surface area contributed by atoms with Crippen LogP contribution in [0.3, 0.4) is 0 Å². The van der Waals surface area contributed by atoms with Crippen molar-refractivity contribution in [2.45, 2.75) is 6.42 Å². The van der Waals surface area contributed by atoms with Crippen LogP contribution >= 0.6 is 34.5 Å². The number of halogens is 2. The fourth-order valence-corrected chi connectivity index (χ4v) is 3.36. The molecule has 23 heavy (non-hydrogen) atoms. The van der Waals surface area contributed by atoms with Gasteiger partial charge in [0.05, 0.1) is 0 Å². The van der Waals surface area contributed by atoms with E-state index in [0.29, 0.717) is 27.2 Å². The summed E-state index contributed by atoms with van der Waals surface area (Å²) < 4.78 is 0. The molecule has 3 aromatic rings. The predicted molar refractivity (Wildman–Crippen MR) is 95.8 cm³/mol. The molecule has 6 heteroatoms. The molecule has 0 atom stereocenters. The summed E-state index contributed by atoms with van der Waals surface area (Å²) in [4.78, 5) is 17.3. The zero-order valence-corrected chi connectivity index (χ0v) is 14.3. The Kier molecular flexibility index (Phi) is 4.96. The lowest BCUT2D eigenvalue weighted by Crippen LogP contribution is -2.11. The molecule has 0 unspecified atom stereocenters. The quantitative estimate of drug-likeness (QED) is 0.684. The monoisotopic (exact) mass is 362 g/mol. The van der Waals surface area contributed by atoms with Crippen LogP contribution in [-0.2, 0) is 6.42 Å².